The molecule has 3 aromatic heterocycles. The van der Waals surface area contributed by atoms with Gasteiger partial charge in [0.1, 0.15) is 11.3 Å². The number of hydrogen-bond acceptors (Lipinski definition) is 4. The van der Waals surface area contributed by atoms with Gasteiger partial charge in [0.25, 0.3) is 11.8 Å². The standard InChI is InChI=1S/C26H28F2N4O2/c27-26(28)9-12-31(13-10-26)25(34)20-15-19-8-11-32(24(19)30-16-20)21-6-7-22(29-17-21)23(33)14-18-4-2-1-3-5-18/h6-8,11,15-18H,1-5,9-10,12-14H2. The Morgan fingerprint density at radius 1 is 1.00 bits per heavy atom. The molecule has 2 fully saturated rings. The van der Waals surface area contributed by atoms with Gasteiger partial charge < -0.3 is 4.90 Å². The summed E-state index contributed by atoms with van der Waals surface area (Å²) in [7, 11) is 0. The van der Waals surface area contributed by atoms with Crippen molar-refractivity contribution in [3.63, 3.8) is 0 Å². The Labute approximate surface area is 197 Å². The van der Waals surface area contributed by atoms with Crippen LogP contribution in [0.2, 0.25) is 0 Å². The molecule has 1 amide bonds. The van der Waals surface area contributed by atoms with Gasteiger partial charge in [0.05, 0.1) is 17.4 Å². The van der Waals surface area contributed by atoms with Crippen molar-refractivity contribution in [2.24, 2.45) is 5.92 Å². The van der Waals surface area contributed by atoms with Gasteiger partial charge in [-0.3, -0.25) is 19.1 Å². The van der Waals surface area contributed by atoms with Gasteiger partial charge in [-0.15, -0.1) is 0 Å². The molecule has 6 nitrogen and oxygen atoms in total. The number of piperidine rings is 1. The molecule has 1 aliphatic carbocycles. The molecule has 34 heavy (non-hydrogen) atoms. The maximum Gasteiger partial charge on any atom is 0.255 e. The first-order valence-corrected chi connectivity index (χ1v) is 12.0. The fraction of sp³-hybridized carbons (Fsp3) is 0.462. The minimum Gasteiger partial charge on any atom is -0.338 e. The summed E-state index contributed by atoms with van der Waals surface area (Å²) in [6.45, 7) is 0.0880. The molecular weight excluding hydrogens is 438 g/mol. The van der Waals surface area contributed by atoms with Crippen LogP contribution in [0.3, 0.4) is 0 Å². The molecule has 1 saturated heterocycles. The minimum absolute atomic E-state index is 0.0440. The first-order chi connectivity index (χ1) is 16.4. The van der Waals surface area contributed by atoms with Crippen molar-refractivity contribution in [2.75, 3.05) is 13.1 Å². The highest BCUT2D eigenvalue weighted by molar-refractivity contribution is 5.97. The van der Waals surface area contributed by atoms with Crippen molar-refractivity contribution in [1.29, 1.82) is 0 Å². The number of alkyl halides is 2. The van der Waals surface area contributed by atoms with Crippen molar-refractivity contribution in [2.45, 2.75) is 57.3 Å². The number of likely N-dealkylation sites (tertiary alicyclic amines) is 1. The summed E-state index contributed by atoms with van der Waals surface area (Å²) < 4.78 is 28.7. The van der Waals surface area contributed by atoms with Gasteiger partial charge in [0.15, 0.2) is 5.78 Å². The molecule has 0 atom stereocenters. The maximum absolute atomic E-state index is 13.4. The van der Waals surface area contributed by atoms with E-state index in [1.165, 1.54) is 30.4 Å². The number of hydrogen-bond donors (Lipinski definition) is 0. The number of fused-ring (bicyclic) bond motifs is 1. The lowest BCUT2D eigenvalue weighted by Gasteiger charge is -2.31. The smallest absolute Gasteiger partial charge is 0.255 e. The van der Waals surface area contributed by atoms with Crippen molar-refractivity contribution < 1.29 is 18.4 Å². The number of aromatic nitrogens is 3. The van der Waals surface area contributed by atoms with Crippen LogP contribution in [0.5, 0.6) is 0 Å². The van der Waals surface area contributed by atoms with Gasteiger partial charge in [-0.2, -0.15) is 0 Å². The van der Waals surface area contributed by atoms with E-state index in [1.807, 2.05) is 22.9 Å². The van der Waals surface area contributed by atoms with E-state index < -0.39 is 5.92 Å². The number of rotatable bonds is 5. The molecule has 1 aliphatic heterocycles. The van der Waals surface area contributed by atoms with Crippen molar-refractivity contribution in [3.8, 4) is 5.69 Å². The molecular formula is C26H28F2N4O2. The van der Waals surface area contributed by atoms with Crippen LogP contribution in [0.25, 0.3) is 16.7 Å². The normalized spacial score (nSPS) is 18.8. The fourth-order valence-electron chi connectivity index (χ4n) is 5.02. The second-order valence-electron chi connectivity index (χ2n) is 9.50. The molecule has 8 heteroatoms. The number of halogens is 2. The van der Waals surface area contributed by atoms with Crippen LogP contribution in [0.15, 0.2) is 42.9 Å². The van der Waals surface area contributed by atoms with E-state index in [9.17, 15) is 18.4 Å². The van der Waals surface area contributed by atoms with Gasteiger partial charge in [-0.05, 0) is 30.2 Å². The van der Waals surface area contributed by atoms with Gasteiger partial charge >= 0.3 is 0 Å². The summed E-state index contributed by atoms with van der Waals surface area (Å²) >= 11 is 0. The summed E-state index contributed by atoms with van der Waals surface area (Å²) in [6.07, 6.45) is 10.9. The van der Waals surface area contributed by atoms with E-state index in [0.29, 0.717) is 29.2 Å². The Morgan fingerprint density at radius 2 is 1.76 bits per heavy atom. The van der Waals surface area contributed by atoms with Crippen molar-refractivity contribution in [3.05, 3.63) is 54.1 Å². The Balaban J connectivity index is 1.30. The summed E-state index contributed by atoms with van der Waals surface area (Å²) in [5.74, 6) is -2.41. The predicted molar refractivity (Wildman–Crippen MR) is 124 cm³/mol. The van der Waals surface area contributed by atoms with Crippen LogP contribution in [0.4, 0.5) is 8.78 Å². The van der Waals surface area contributed by atoms with Crippen molar-refractivity contribution in [1.82, 2.24) is 19.4 Å². The molecule has 3 aromatic rings. The lowest BCUT2D eigenvalue weighted by molar-refractivity contribution is -0.0494. The molecule has 5 rings (SSSR count). The van der Waals surface area contributed by atoms with E-state index in [-0.39, 0.29) is 37.6 Å². The van der Waals surface area contributed by atoms with Crippen molar-refractivity contribution >= 4 is 22.7 Å². The van der Waals surface area contributed by atoms with E-state index >= 15 is 0 Å². The van der Waals surface area contributed by atoms with Crippen LogP contribution in [-0.2, 0) is 0 Å². The quantitative estimate of drug-likeness (QED) is 0.469. The Kier molecular flexibility index (Phi) is 6.15. The zero-order valence-corrected chi connectivity index (χ0v) is 19.1. The third-order valence-corrected chi connectivity index (χ3v) is 7.07. The average molecular weight is 467 g/mol. The largest absolute Gasteiger partial charge is 0.338 e. The monoisotopic (exact) mass is 466 g/mol. The number of Topliss-reactive ketones (excluding diaryl/α,β-unsaturated/α-hetero) is 1. The van der Waals surface area contributed by atoms with Crippen LogP contribution in [-0.4, -0.2) is 50.1 Å². The molecule has 0 unspecified atom stereocenters. The van der Waals surface area contributed by atoms with Crippen LogP contribution in [0, 0.1) is 5.92 Å². The molecule has 0 spiro atoms. The van der Waals surface area contributed by atoms with Gasteiger partial charge in [-0.25, -0.2) is 13.8 Å². The fourth-order valence-corrected chi connectivity index (χ4v) is 5.02. The third-order valence-electron chi connectivity index (χ3n) is 7.07. The number of carbonyl (C=O) groups is 2. The molecule has 0 bridgehead atoms. The number of nitrogens with zero attached hydrogens (tertiary/aromatic N) is 4. The highest BCUT2D eigenvalue weighted by Gasteiger charge is 2.35. The van der Waals surface area contributed by atoms with Gasteiger partial charge in [0, 0.05) is 50.1 Å². The van der Waals surface area contributed by atoms with Crippen LogP contribution in [0.1, 0.15) is 72.2 Å². The molecule has 0 N–H and O–H groups in total. The van der Waals surface area contributed by atoms with Gasteiger partial charge in [0.2, 0.25) is 0 Å². The second kappa shape index (κ2) is 9.24. The van der Waals surface area contributed by atoms with E-state index in [4.69, 9.17) is 0 Å². The number of carbonyl (C=O) groups excluding carboxylic acids is 2. The molecule has 4 heterocycles. The van der Waals surface area contributed by atoms with E-state index in [2.05, 4.69) is 9.97 Å². The summed E-state index contributed by atoms with van der Waals surface area (Å²) in [5.41, 5.74) is 2.30. The zero-order valence-electron chi connectivity index (χ0n) is 19.1. The average Bonchev–Trinajstić information content (AvgIpc) is 3.28. The molecule has 0 radical (unpaired) electrons. The van der Waals surface area contributed by atoms with Gasteiger partial charge in [-0.1, -0.05) is 32.1 Å². The number of amides is 1. The Bertz CT molecular complexity index is 1190. The maximum atomic E-state index is 13.4. The molecule has 1 saturated carbocycles. The lowest BCUT2D eigenvalue weighted by Crippen LogP contribution is -2.42. The third kappa shape index (κ3) is 4.72. The second-order valence-corrected chi connectivity index (χ2v) is 9.50. The Hall–Kier alpha value is -3.16. The Morgan fingerprint density at radius 3 is 2.47 bits per heavy atom. The van der Waals surface area contributed by atoms with E-state index in [0.717, 1.165) is 23.9 Å². The number of pyridine rings is 2. The lowest BCUT2D eigenvalue weighted by atomic mass is 9.85. The highest BCUT2D eigenvalue weighted by atomic mass is 19.3. The molecule has 178 valence electrons. The molecule has 2 aliphatic rings. The minimum atomic E-state index is -2.69. The zero-order chi connectivity index (χ0) is 23.7. The first kappa shape index (κ1) is 22.6. The summed E-state index contributed by atoms with van der Waals surface area (Å²) in [4.78, 5) is 35.7. The van der Waals surface area contributed by atoms with Crippen LogP contribution >= 0.6 is 0 Å². The number of ketones is 1. The topological polar surface area (TPSA) is 68.1 Å². The van der Waals surface area contributed by atoms with E-state index in [1.54, 1.807) is 18.3 Å². The summed E-state index contributed by atoms with van der Waals surface area (Å²) in [6, 6.07) is 7.21. The SMILES string of the molecule is O=C(CC1CCCCC1)c1ccc(-n2ccc3cc(C(=O)N4CCC(F)(F)CC4)cnc32)cn1. The van der Waals surface area contributed by atoms with Crippen LogP contribution < -0.4 is 0 Å². The highest BCUT2D eigenvalue weighted by Crippen LogP contribution is 2.29. The molecule has 0 aromatic carbocycles. The summed E-state index contributed by atoms with van der Waals surface area (Å²) in [5, 5.41) is 0.769. The predicted octanol–water partition coefficient (Wildman–Crippen LogP) is 5.44. The first-order valence-electron chi connectivity index (χ1n) is 12.0.